The summed E-state index contributed by atoms with van der Waals surface area (Å²) in [4.78, 5) is 6.62. The highest BCUT2D eigenvalue weighted by Crippen LogP contribution is 2.20. The SMILES string of the molecule is CC(N)Cc1cccnc1N(C)Cc1cccc(Cl)c1. The third kappa shape index (κ3) is 3.95. The molecule has 3 nitrogen and oxygen atoms in total. The number of rotatable bonds is 5. The van der Waals surface area contributed by atoms with E-state index in [9.17, 15) is 0 Å². The Balaban J connectivity index is 2.18. The van der Waals surface area contributed by atoms with Crippen LogP contribution in [0.4, 0.5) is 5.82 Å². The molecule has 0 bridgehead atoms. The Morgan fingerprint density at radius 3 is 2.80 bits per heavy atom. The first kappa shape index (κ1) is 14.8. The van der Waals surface area contributed by atoms with Gasteiger partial charge in [0.05, 0.1) is 0 Å². The Bertz CT molecular complexity index is 569. The van der Waals surface area contributed by atoms with Crippen LogP contribution in [0.2, 0.25) is 5.02 Å². The second kappa shape index (κ2) is 6.73. The minimum Gasteiger partial charge on any atom is -0.355 e. The Hall–Kier alpha value is -1.58. The summed E-state index contributed by atoms with van der Waals surface area (Å²) in [6, 6.07) is 12.1. The van der Waals surface area contributed by atoms with Crippen molar-refractivity contribution in [3.8, 4) is 0 Å². The average Bonchev–Trinajstić information content (AvgIpc) is 2.38. The second-order valence-electron chi connectivity index (χ2n) is 5.15. The quantitative estimate of drug-likeness (QED) is 0.919. The summed E-state index contributed by atoms with van der Waals surface area (Å²) in [5.41, 5.74) is 8.24. The Kier molecular flexibility index (Phi) is 4.99. The minimum absolute atomic E-state index is 0.123. The lowest BCUT2D eigenvalue weighted by Gasteiger charge is -2.22. The first-order valence-electron chi connectivity index (χ1n) is 6.71. The van der Waals surface area contributed by atoms with Crippen molar-refractivity contribution in [3.05, 3.63) is 58.7 Å². The van der Waals surface area contributed by atoms with Gasteiger partial charge in [-0.1, -0.05) is 29.8 Å². The van der Waals surface area contributed by atoms with E-state index < -0.39 is 0 Å². The molecule has 2 N–H and O–H groups in total. The van der Waals surface area contributed by atoms with Crippen molar-refractivity contribution < 1.29 is 0 Å². The molecule has 0 amide bonds. The zero-order chi connectivity index (χ0) is 14.5. The Morgan fingerprint density at radius 1 is 1.30 bits per heavy atom. The molecule has 2 rings (SSSR count). The highest BCUT2D eigenvalue weighted by atomic mass is 35.5. The molecule has 2 aromatic rings. The lowest BCUT2D eigenvalue weighted by atomic mass is 10.1. The molecule has 0 aliphatic rings. The molecule has 1 unspecified atom stereocenters. The van der Waals surface area contributed by atoms with Gasteiger partial charge in [-0.25, -0.2) is 4.98 Å². The third-order valence-corrected chi connectivity index (χ3v) is 3.31. The molecule has 1 aromatic carbocycles. The van der Waals surface area contributed by atoms with Crippen LogP contribution < -0.4 is 10.6 Å². The summed E-state index contributed by atoms with van der Waals surface area (Å²) in [5, 5.41) is 0.757. The van der Waals surface area contributed by atoms with Crippen molar-refractivity contribution in [2.75, 3.05) is 11.9 Å². The Labute approximate surface area is 125 Å². The van der Waals surface area contributed by atoms with Crippen molar-refractivity contribution >= 4 is 17.4 Å². The number of halogens is 1. The van der Waals surface area contributed by atoms with Gasteiger partial charge >= 0.3 is 0 Å². The molecule has 0 radical (unpaired) electrons. The monoisotopic (exact) mass is 289 g/mol. The van der Waals surface area contributed by atoms with E-state index in [0.29, 0.717) is 0 Å². The van der Waals surface area contributed by atoms with E-state index in [1.165, 1.54) is 5.56 Å². The van der Waals surface area contributed by atoms with Gasteiger partial charge in [0.2, 0.25) is 0 Å². The summed E-state index contributed by atoms with van der Waals surface area (Å²) in [7, 11) is 2.04. The van der Waals surface area contributed by atoms with E-state index in [1.54, 1.807) is 0 Å². The first-order chi connectivity index (χ1) is 9.56. The van der Waals surface area contributed by atoms with Crippen LogP contribution in [0.5, 0.6) is 0 Å². The van der Waals surface area contributed by atoms with Crippen LogP contribution in [0.25, 0.3) is 0 Å². The number of aromatic nitrogens is 1. The van der Waals surface area contributed by atoms with Gasteiger partial charge in [0, 0.05) is 30.9 Å². The van der Waals surface area contributed by atoms with Crippen LogP contribution >= 0.6 is 11.6 Å². The molecule has 20 heavy (non-hydrogen) atoms. The van der Waals surface area contributed by atoms with E-state index in [4.69, 9.17) is 17.3 Å². The normalized spacial score (nSPS) is 12.2. The maximum Gasteiger partial charge on any atom is 0.131 e. The van der Waals surface area contributed by atoms with Gasteiger partial charge in [0.25, 0.3) is 0 Å². The first-order valence-corrected chi connectivity index (χ1v) is 7.09. The molecule has 1 heterocycles. The van der Waals surface area contributed by atoms with Crippen molar-refractivity contribution in [3.63, 3.8) is 0 Å². The molecule has 0 saturated heterocycles. The molecule has 0 saturated carbocycles. The van der Waals surface area contributed by atoms with E-state index >= 15 is 0 Å². The van der Waals surface area contributed by atoms with Crippen LogP contribution in [0, 0.1) is 0 Å². The van der Waals surface area contributed by atoms with Crippen LogP contribution in [0.15, 0.2) is 42.6 Å². The number of hydrogen-bond acceptors (Lipinski definition) is 3. The molecule has 0 aliphatic carbocycles. The molecule has 0 spiro atoms. The largest absolute Gasteiger partial charge is 0.355 e. The topological polar surface area (TPSA) is 42.1 Å². The number of nitrogens with two attached hydrogens (primary N) is 1. The van der Waals surface area contributed by atoms with Crippen molar-refractivity contribution in [1.29, 1.82) is 0 Å². The Morgan fingerprint density at radius 2 is 2.10 bits per heavy atom. The molecule has 0 fully saturated rings. The van der Waals surface area contributed by atoms with Crippen LogP contribution in [0.3, 0.4) is 0 Å². The molecule has 106 valence electrons. The van der Waals surface area contributed by atoms with Gasteiger partial charge in [-0.3, -0.25) is 0 Å². The standard InChI is InChI=1S/C16H20ClN3/c1-12(18)9-14-6-4-8-19-16(14)20(2)11-13-5-3-7-15(17)10-13/h3-8,10,12H,9,11,18H2,1-2H3. The number of anilines is 1. The van der Waals surface area contributed by atoms with Gasteiger partial charge in [-0.15, -0.1) is 0 Å². The molecule has 4 heteroatoms. The molecular weight excluding hydrogens is 270 g/mol. The van der Waals surface area contributed by atoms with Crippen LogP contribution in [-0.2, 0) is 13.0 Å². The molecular formula is C16H20ClN3. The van der Waals surface area contributed by atoms with Crippen molar-refractivity contribution in [2.24, 2.45) is 5.73 Å². The zero-order valence-electron chi connectivity index (χ0n) is 11.9. The van der Waals surface area contributed by atoms with Crippen LogP contribution in [-0.4, -0.2) is 18.1 Å². The van der Waals surface area contributed by atoms with E-state index in [2.05, 4.69) is 22.0 Å². The fraction of sp³-hybridized carbons (Fsp3) is 0.312. The fourth-order valence-electron chi connectivity index (χ4n) is 2.26. The second-order valence-corrected chi connectivity index (χ2v) is 5.59. The summed E-state index contributed by atoms with van der Waals surface area (Å²) >= 11 is 6.02. The maximum absolute atomic E-state index is 6.02. The molecule has 1 aromatic heterocycles. The zero-order valence-corrected chi connectivity index (χ0v) is 12.6. The van der Waals surface area contributed by atoms with Crippen molar-refractivity contribution in [1.82, 2.24) is 4.98 Å². The number of pyridine rings is 1. The smallest absolute Gasteiger partial charge is 0.131 e. The van der Waals surface area contributed by atoms with E-state index in [1.807, 2.05) is 44.4 Å². The maximum atomic E-state index is 6.02. The molecule has 0 aliphatic heterocycles. The summed E-state index contributed by atoms with van der Waals surface area (Å²) < 4.78 is 0. The third-order valence-electron chi connectivity index (χ3n) is 3.08. The lowest BCUT2D eigenvalue weighted by Crippen LogP contribution is -2.23. The van der Waals surface area contributed by atoms with Gasteiger partial charge in [0.1, 0.15) is 5.82 Å². The summed E-state index contributed by atoms with van der Waals surface area (Å²) in [5.74, 6) is 0.977. The number of nitrogens with zero attached hydrogens (tertiary/aromatic N) is 2. The van der Waals surface area contributed by atoms with Gasteiger partial charge in [-0.05, 0) is 42.7 Å². The predicted molar refractivity (Wildman–Crippen MR) is 85.1 cm³/mol. The average molecular weight is 290 g/mol. The number of hydrogen-bond donors (Lipinski definition) is 1. The van der Waals surface area contributed by atoms with E-state index in [-0.39, 0.29) is 6.04 Å². The summed E-state index contributed by atoms with van der Waals surface area (Å²) in [6.07, 6.45) is 2.64. The van der Waals surface area contributed by atoms with Gasteiger partial charge in [0.15, 0.2) is 0 Å². The van der Waals surface area contributed by atoms with Gasteiger partial charge < -0.3 is 10.6 Å². The highest BCUT2D eigenvalue weighted by Gasteiger charge is 2.10. The summed E-state index contributed by atoms with van der Waals surface area (Å²) in [6.45, 7) is 2.78. The fourth-order valence-corrected chi connectivity index (χ4v) is 2.48. The van der Waals surface area contributed by atoms with Crippen LogP contribution in [0.1, 0.15) is 18.1 Å². The number of benzene rings is 1. The molecule has 1 atom stereocenters. The minimum atomic E-state index is 0.123. The highest BCUT2D eigenvalue weighted by molar-refractivity contribution is 6.30. The van der Waals surface area contributed by atoms with E-state index in [0.717, 1.165) is 29.4 Å². The van der Waals surface area contributed by atoms with Crippen molar-refractivity contribution in [2.45, 2.75) is 25.9 Å². The predicted octanol–water partition coefficient (Wildman–Crippen LogP) is 3.26. The van der Waals surface area contributed by atoms with Gasteiger partial charge in [-0.2, -0.15) is 0 Å². The lowest BCUT2D eigenvalue weighted by molar-refractivity contribution is 0.730.